The van der Waals surface area contributed by atoms with Crippen LogP contribution in [0, 0.1) is 10.1 Å². The summed E-state index contributed by atoms with van der Waals surface area (Å²) in [5, 5.41) is 11.0. The fourth-order valence-corrected chi connectivity index (χ4v) is 5.51. The highest BCUT2D eigenvalue weighted by atomic mass is 32.2. The fourth-order valence-electron chi connectivity index (χ4n) is 2.45. The minimum Gasteiger partial charge on any atom is -0.310 e. The molecule has 0 aliphatic carbocycles. The molecule has 0 bridgehead atoms. The number of nitrogens with zero attached hydrogens (tertiary/aromatic N) is 2. The Hall–Kier alpha value is -1.23. The number of nitro groups is 1. The Morgan fingerprint density at radius 3 is 2.76 bits per heavy atom. The molecule has 0 spiro atoms. The molecule has 0 radical (unpaired) electrons. The summed E-state index contributed by atoms with van der Waals surface area (Å²) >= 11 is 0.790. The number of rotatable bonds is 4. The van der Waals surface area contributed by atoms with Crippen molar-refractivity contribution < 1.29 is 13.3 Å². The lowest BCUT2D eigenvalue weighted by molar-refractivity contribution is -0.383. The van der Waals surface area contributed by atoms with Gasteiger partial charge >= 0.3 is 5.69 Å². The number of hydrazine groups is 1. The Labute approximate surface area is 127 Å². The van der Waals surface area contributed by atoms with E-state index < -0.39 is 14.9 Å². The van der Waals surface area contributed by atoms with E-state index in [1.54, 1.807) is 0 Å². The van der Waals surface area contributed by atoms with Gasteiger partial charge in [-0.05, 0) is 19.8 Å². The van der Waals surface area contributed by atoms with Crippen LogP contribution in [0.2, 0.25) is 0 Å². The molecule has 10 heteroatoms. The Bertz CT molecular complexity index is 628. The van der Waals surface area contributed by atoms with E-state index in [1.807, 2.05) is 6.92 Å². The highest BCUT2D eigenvalue weighted by Gasteiger charge is 2.34. The molecule has 1 fully saturated rings. The van der Waals surface area contributed by atoms with Gasteiger partial charge in [-0.2, -0.15) is 4.31 Å². The molecular weight excluding hydrogens is 316 g/mol. The maximum Gasteiger partial charge on any atom is 0.306 e. The van der Waals surface area contributed by atoms with Crippen LogP contribution < -0.4 is 11.3 Å². The fraction of sp³-hybridized carbons (Fsp3) is 0.636. The quantitative estimate of drug-likeness (QED) is 0.493. The van der Waals surface area contributed by atoms with Crippen molar-refractivity contribution in [2.24, 2.45) is 5.84 Å². The zero-order valence-corrected chi connectivity index (χ0v) is 13.2. The smallest absolute Gasteiger partial charge is 0.306 e. The molecule has 1 aliphatic heterocycles. The van der Waals surface area contributed by atoms with Crippen LogP contribution >= 0.6 is 11.3 Å². The van der Waals surface area contributed by atoms with Gasteiger partial charge in [0.2, 0.25) is 0 Å². The molecule has 1 aliphatic rings. The number of nitrogens with two attached hydrogens (primary N) is 1. The molecule has 0 aromatic carbocycles. The van der Waals surface area contributed by atoms with Crippen LogP contribution in [0.1, 0.15) is 32.6 Å². The van der Waals surface area contributed by atoms with E-state index in [4.69, 9.17) is 5.84 Å². The standard InChI is InChI=1S/C11H18N4O4S2/c1-8-5-3-2-4-6-14(8)21(18,19)10-7-9(15(16)17)11(13-12)20-10/h7-8,13H,2-6,12H2,1H3. The van der Waals surface area contributed by atoms with E-state index in [1.165, 1.54) is 4.31 Å². The third kappa shape index (κ3) is 3.18. The molecule has 2 heterocycles. The summed E-state index contributed by atoms with van der Waals surface area (Å²) in [6.45, 7) is 2.31. The summed E-state index contributed by atoms with van der Waals surface area (Å²) in [4.78, 5) is 10.3. The van der Waals surface area contributed by atoms with E-state index in [2.05, 4.69) is 5.43 Å². The van der Waals surface area contributed by atoms with Crippen molar-refractivity contribution in [1.29, 1.82) is 0 Å². The van der Waals surface area contributed by atoms with E-state index in [-0.39, 0.29) is 20.9 Å². The van der Waals surface area contributed by atoms with Gasteiger partial charge in [0.15, 0.2) is 5.00 Å². The number of hydrogen-bond acceptors (Lipinski definition) is 7. The maximum atomic E-state index is 12.7. The normalized spacial score (nSPS) is 21.0. The van der Waals surface area contributed by atoms with Gasteiger partial charge in [0.05, 0.1) is 4.92 Å². The SMILES string of the molecule is CC1CCCCCN1S(=O)(=O)c1cc([N+](=O)[O-])c(NN)s1. The summed E-state index contributed by atoms with van der Waals surface area (Å²) < 4.78 is 26.8. The van der Waals surface area contributed by atoms with Crippen molar-refractivity contribution in [3.8, 4) is 0 Å². The number of anilines is 1. The van der Waals surface area contributed by atoms with Gasteiger partial charge in [-0.1, -0.05) is 24.2 Å². The Balaban J connectivity index is 2.41. The van der Waals surface area contributed by atoms with Crippen molar-refractivity contribution >= 4 is 32.0 Å². The van der Waals surface area contributed by atoms with Crippen LogP contribution in [0.15, 0.2) is 10.3 Å². The van der Waals surface area contributed by atoms with Gasteiger partial charge in [0.1, 0.15) is 4.21 Å². The minimum absolute atomic E-state index is 0.0426. The first-order chi connectivity index (χ1) is 9.87. The van der Waals surface area contributed by atoms with Crippen LogP contribution in [0.3, 0.4) is 0 Å². The summed E-state index contributed by atoms with van der Waals surface area (Å²) in [5.41, 5.74) is 1.87. The average molecular weight is 334 g/mol. The lowest BCUT2D eigenvalue weighted by Gasteiger charge is -2.25. The van der Waals surface area contributed by atoms with Crippen LogP contribution in [-0.2, 0) is 10.0 Å². The second kappa shape index (κ2) is 6.26. The zero-order valence-electron chi connectivity index (χ0n) is 11.6. The molecule has 2 rings (SSSR count). The van der Waals surface area contributed by atoms with Gasteiger partial charge in [-0.15, -0.1) is 0 Å². The second-order valence-electron chi connectivity index (χ2n) is 5.00. The predicted molar refractivity (Wildman–Crippen MR) is 80.6 cm³/mol. The molecule has 1 aromatic heterocycles. The zero-order chi connectivity index (χ0) is 15.6. The molecule has 8 nitrogen and oxygen atoms in total. The average Bonchev–Trinajstić information content (AvgIpc) is 2.76. The summed E-state index contributed by atoms with van der Waals surface area (Å²) in [6.07, 6.45) is 3.59. The van der Waals surface area contributed by atoms with Crippen LogP contribution in [0.5, 0.6) is 0 Å². The number of hydrogen-bond donors (Lipinski definition) is 2. The maximum absolute atomic E-state index is 12.7. The topological polar surface area (TPSA) is 119 Å². The van der Waals surface area contributed by atoms with E-state index in [9.17, 15) is 18.5 Å². The van der Waals surface area contributed by atoms with Crippen LogP contribution in [0.4, 0.5) is 10.7 Å². The lowest BCUT2D eigenvalue weighted by atomic mass is 10.1. The Kier molecular flexibility index (Phi) is 4.81. The minimum atomic E-state index is -3.73. The molecule has 118 valence electrons. The molecule has 1 aromatic rings. The highest BCUT2D eigenvalue weighted by Crippen LogP contribution is 2.38. The first-order valence-electron chi connectivity index (χ1n) is 6.64. The van der Waals surface area contributed by atoms with E-state index >= 15 is 0 Å². The number of nitrogens with one attached hydrogen (secondary N) is 1. The summed E-state index contributed by atoms with van der Waals surface area (Å²) in [5.74, 6) is 5.22. The molecule has 3 N–H and O–H groups in total. The van der Waals surface area contributed by atoms with Crippen molar-refractivity contribution in [3.63, 3.8) is 0 Å². The third-order valence-electron chi connectivity index (χ3n) is 3.57. The number of sulfonamides is 1. The molecule has 1 atom stereocenters. The first kappa shape index (κ1) is 16.1. The van der Waals surface area contributed by atoms with Gasteiger partial charge < -0.3 is 5.43 Å². The molecule has 0 amide bonds. The summed E-state index contributed by atoms with van der Waals surface area (Å²) in [7, 11) is -3.73. The molecule has 1 unspecified atom stereocenters. The largest absolute Gasteiger partial charge is 0.310 e. The third-order valence-corrected chi connectivity index (χ3v) is 7.09. The van der Waals surface area contributed by atoms with Crippen molar-refractivity contribution in [1.82, 2.24) is 4.31 Å². The molecule has 1 saturated heterocycles. The predicted octanol–water partition coefficient (Wildman–Crippen LogP) is 1.90. The van der Waals surface area contributed by atoms with Crippen LogP contribution in [-0.4, -0.2) is 30.2 Å². The van der Waals surface area contributed by atoms with Gasteiger partial charge in [0.25, 0.3) is 10.0 Å². The van der Waals surface area contributed by atoms with Crippen molar-refractivity contribution in [3.05, 3.63) is 16.2 Å². The molecule has 0 saturated carbocycles. The van der Waals surface area contributed by atoms with E-state index in [0.29, 0.717) is 6.54 Å². The summed E-state index contributed by atoms with van der Waals surface area (Å²) in [6, 6.07) is 0.972. The van der Waals surface area contributed by atoms with Gasteiger partial charge in [0, 0.05) is 18.7 Å². The van der Waals surface area contributed by atoms with Crippen molar-refractivity contribution in [2.45, 2.75) is 42.9 Å². The number of nitrogen functional groups attached to an aromatic ring is 1. The Morgan fingerprint density at radius 2 is 2.19 bits per heavy atom. The molecule has 21 heavy (non-hydrogen) atoms. The monoisotopic (exact) mass is 334 g/mol. The van der Waals surface area contributed by atoms with Crippen LogP contribution in [0.25, 0.3) is 0 Å². The van der Waals surface area contributed by atoms with E-state index in [0.717, 1.165) is 43.1 Å². The second-order valence-corrected chi connectivity index (χ2v) is 8.16. The van der Waals surface area contributed by atoms with Gasteiger partial charge in [-0.25, -0.2) is 14.3 Å². The van der Waals surface area contributed by atoms with Crippen molar-refractivity contribution in [2.75, 3.05) is 12.0 Å². The Morgan fingerprint density at radius 1 is 1.48 bits per heavy atom. The lowest BCUT2D eigenvalue weighted by Crippen LogP contribution is -2.37. The molecular formula is C11H18N4O4S2. The van der Waals surface area contributed by atoms with Gasteiger partial charge in [-0.3, -0.25) is 10.1 Å². The first-order valence-corrected chi connectivity index (χ1v) is 8.90. The number of thiophene rings is 1. The highest BCUT2D eigenvalue weighted by molar-refractivity contribution is 7.91.